The van der Waals surface area contributed by atoms with Gasteiger partial charge in [-0.2, -0.15) is 0 Å². The molecule has 0 radical (unpaired) electrons. The molecule has 1 fully saturated rings. The maximum atomic E-state index is 12.5. The average Bonchev–Trinajstić information content (AvgIpc) is 3.58. The van der Waals surface area contributed by atoms with Crippen molar-refractivity contribution in [2.75, 3.05) is 23.8 Å². The van der Waals surface area contributed by atoms with Gasteiger partial charge in [0.15, 0.2) is 5.13 Å². The standard InChI is InChI=1S/C36H43N5O3S/c1-41(31-20-16-29(17-21-31)34(42)44-35(43)32(38)9-5-6-22-37)36-40-33(24-45-36)28-14-18-30(19-15-28)39-23-25-10-12-27(13-11-25)26-7-3-2-4-8-26/h10-21,24,26,32,39H,2-9,22-23,37-38H2,1H3/t32-/m0/s1. The minimum Gasteiger partial charge on any atom is -0.388 e. The number of ether oxygens (including phenoxy) is 1. The Morgan fingerprint density at radius 3 is 2.38 bits per heavy atom. The predicted octanol–water partition coefficient (Wildman–Crippen LogP) is 7.38. The highest BCUT2D eigenvalue weighted by molar-refractivity contribution is 7.14. The first-order valence-corrected chi connectivity index (χ1v) is 16.7. The molecule has 9 heteroatoms. The van der Waals surface area contributed by atoms with Gasteiger partial charge in [0.05, 0.1) is 11.3 Å². The molecule has 5 N–H and O–H groups in total. The average molecular weight is 626 g/mol. The highest BCUT2D eigenvalue weighted by atomic mass is 32.1. The van der Waals surface area contributed by atoms with Crippen LogP contribution in [0.4, 0.5) is 16.5 Å². The van der Waals surface area contributed by atoms with Gasteiger partial charge < -0.3 is 26.4 Å². The van der Waals surface area contributed by atoms with Crippen LogP contribution >= 0.6 is 11.3 Å². The molecular weight excluding hydrogens is 582 g/mol. The molecule has 0 saturated heterocycles. The number of carbonyl (C=O) groups excluding carboxylic acids is 2. The van der Waals surface area contributed by atoms with E-state index in [4.69, 9.17) is 21.2 Å². The predicted molar refractivity (Wildman–Crippen MR) is 183 cm³/mol. The van der Waals surface area contributed by atoms with Gasteiger partial charge in [-0.1, -0.05) is 62.1 Å². The highest BCUT2D eigenvalue weighted by Crippen LogP contribution is 2.33. The van der Waals surface area contributed by atoms with Crippen molar-refractivity contribution in [2.45, 2.75) is 69.9 Å². The van der Waals surface area contributed by atoms with Gasteiger partial charge in [0.2, 0.25) is 0 Å². The van der Waals surface area contributed by atoms with E-state index < -0.39 is 18.0 Å². The lowest BCUT2D eigenvalue weighted by molar-refractivity contribution is -0.139. The van der Waals surface area contributed by atoms with Crippen LogP contribution in [0, 0.1) is 0 Å². The fourth-order valence-corrected chi connectivity index (χ4v) is 6.46. The number of benzene rings is 3. The molecule has 45 heavy (non-hydrogen) atoms. The fourth-order valence-electron chi connectivity index (χ4n) is 5.64. The number of anilines is 3. The third-order valence-corrected chi connectivity index (χ3v) is 9.39. The van der Waals surface area contributed by atoms with Crippen LogP contribution in [0.3, 0.4) is 0 Å². The van der Waals surface area contributed by atoms with Gasteiger partial charge >= 0.3 is 11.9 Å². The summed E-state index contributed by atoms with van der Waals surface area (Å²) in [6, 6.07) is 23.5. The Morgan fingerprint density at radius 1 is 0.978 bits per heavy atom. The quantitative estimate of drug-likeness (QED) is 0.0799. The van der Waals surface area contributed by atoms with E-state index in [2.05, 4.69) is 53.8 Å². The maximum absolute atomic E-state index is 12.5. The van der Waals surface area contributed by atoms with E-state index in [1.807, 2.05) is 17.3 Å². The van der Waals surface area contributed by atoms with Crippen molar-refractivity contribution in [2.24, 2.45) is 11.5 Å². The first-order valence-electron chi connectivity index (χ1n) is 15.9. The van der Waals surface area contributed by atoms with Crippen LogP contribution in [0.1, 0.15) is 78.8 Å². The molecule has 4 aromatic rings. The summed E-state index contributed by atoms with van der Waals surface area (Å²) in [4.78, 5) is 31.4. The van der Waals surface area contributed by atoms with Crippen molar-refractivity contribution in [1.29, 1.82) is 0 Å². The van der Waals surface area contributed by atoms with Crippen molar-refractivity contribution < 1.29 is 14.3 Å². The maximum Gasteiger partial charge on any atom is 0.345 e. The SMILES string of the molecule is CN(c1ccc(C(=O)OC(=O)[C@@H](N)CCCCN)cc1)c1nc(-c2ccc(NCc3ccc(C4CCCCC4)cc3)cc2)cs1. The molecule has 5 rings (SSSR count). The number of unbranched alkanes of at least 4 members (excludes halogenated alkanes) is 1. The Morgan fingerprint density at radius 2 is 1.69 bits per heavy atom. The van der Waals surface area contributed by atoms with Gasteiger partial charge in [-0.05, 0) is 85.7 Å². The molecule has 0 aliphatic heterocycles. The molecular formula is C36H43N5O3S. The van der Waals surface area contributed by atoms with Gasteiger partial charge in [-0.15, -0.1) is 11.3 Å². The molecule has 8 nitrogen and oxygen atoms in total. The first-order chi connectivity index (χ1) is 21.9. The molecule has 1 atom stereocenters. The van der Waals surface area contributed by atoms with Gasteiger partial charge in [0.25, 0.3) is 0 Å². The highest BCUT2D eigenvalue weighted by Gasteiger charge is 2.20. The lowest BCUT2D eigenvalue weighted by Gasteiger charge is -2.22. The largest absolute Gasteiger partial charge is 0.388 e. The number of esters is 2. The van der Waals surface area contributed by atoms with Gasteiger partial charge in [0.1, 0.15) is 6.04 Å². The van der Waals surface area contributed by atoms with E-state index in [1.54, 1.807) is 35.6 Å². The Bertz CT molecular complexity index is 1530. The summed E-state index contributed by atoms with van der Waals surface area (Å²) in [5.41, 5.74) is 18.2. The number of nitrogens with one attached hydrogen (secondary N) is 1. The second-order valence-electron chi connectivity index (χ2n) is 11.7. The summed E-state index contributed by atoms with van der Waals surface area (Å²) in [5.74, 6) is -0.710. The third kappa shape index (κ3) is 8.78. The molecule has 0 spiro atoms. The number of thiazole rings is 1. The molecule has 1 heterocycles. The van der Waals surface area contributed by atoms with Gasteiger partial charge in [-0.25, -0.2) is 14.6 Å². The monoisotopic (exact) mass is 625 g/mol. The molecule has 3 aromatic carbocycles. The van der Waals surface area contributed by atoms with E-state index in [1.165, 1.54) is 43.2 Å². The molecule has 1 aromatic heterocycles. The second-order valence-corrected chi connectivity index (χ2v) is 12.6. The summed E-state index contributed by atoms with van der Waals surface area (Å²) in [6.45, 7) is 1.32. The summed E-state index contributed by atoms with van der Waals surface area (Å²) >= 11 is 1.54. The van der Waals surface area contributed by atoms with Crippen LogP contribution in [0.25, 0.3) is 11.3 Å². The lowest BCUT2D eigenvalue weighted by Crippen LogP contribution is -2.33. The summed E-state index contributed by atoms with van der Waals surface area (Å²) < 4.78 is 4.97. The molecule has 0 unspecified atom stereocenters. The Kier molecular flexibility index (Phi) is 11.4. The number of carbonyl (C=O) groups is 2. The van der Waals surface area contributed by atoms with Crippen LogP contribution < -0.4 is 21.7 Å². The van der Waals surface area contributed by atoms with Gasteiger partial charge in [-0.3, -0.25) is 0 Å². The van der Waals surface area contributed by atoms with Crippen molar-refractivity contribution >= 4 is 39.8 Å². The van der Waals surface area contributed by atoms with Gasteiger partial charge in [0, 0.05) is 35.9 Å². The van der Waals surface area contributed by atoms with Crippen LogP contribution in [0.15, 0.2) is 78.2 Å². The molecule has 1 aliphatic carbocycles. The Balaban J connectivity index is 1.12. The van der Waals surface area contributed by atoms with E-state index >= 15 is 0 Å². The third-order valence-electron chi connectivity index (χ3n) is 8.47. The minimum absolute atomic E-state index is 0.277. The molecule has 236 valence electrons. The van der Waals surface area contributed by atoms with E-state index in [0.29, 0.717) is 19.4 Å². The molecule has 1 aliphatic rings. The minimum atomic E-state index is -0.842. The van der Waals surface area contributed by atoms with Crippen LogP contribution in [0.5, 0.6) is 0 Å². The number of nitrogens with zero attached hydrogens (tertiary/aromatic N) is 2. The zero-order valence-electron chi connectivity index (χ0n) is 25.9. The first kappa shape index (κ1) is 32.3. The molecule has 1 saturated carbocycles. The number of nitrogens with two attached hydrogens (primary N) is 2. The van der Waals surface area contributed by atoms with Crippen LogP contribution in [-0.4, -0.2) is 36.6 Å². The normalized spacial score (nSPS) is 14.1. The topological polar surface area (TPSA) is 124 Å². The van der Waals surface area contributed by atoms with Crippen molar-refractivity contribution in [3.63, 3.8) is 0 Å². The summed E-state index contributed by atoms with van der Waals surface area (Å²) in [5, 5.41) is 6.39. The van der Waals surface area contributed by atoms with E-state index in [9.17, 15) is 9.59 Å². The number of hydrogen-bond donors (Lipinski definition) is 3. The van der Waals surface area contributed by atoms with Crippen LogP contribution in [0.2, 0.25) is 0 Å². The Labute approximate surface area is 269 Å². The summed E-state index contributed by atoms with van der Waals surface area (Å²) in [6.07, 6.45) is 8.64. The second kappa shape index (κ2) is 15.8. The zero-order chi connectivity index (χ0) is 31.6. The van der Waals surface area contributed by atoms with Crippen LogP contribution in [-0.2, 0) is 16.1 Å². The lowest BCUT2D eigenvalue weighted by atomic mass is 9.84. The smallest absolute Gasteiger partial charge is 0.345 e. The van der Waals surface area contributed by atoms with E-state index in [0.717, 1.165) is 46.6 Å². The fraction of sp³-hybridized carbons (Fsp3) is 0.361. The Hall–Kier alpha value is -4.05. The number of hydrogen-bond acceptors (Lipinski definition) is 9. The van der Waals surface area contributed by atoms with E-state index in [-0.39, 0.29) is 5.56 Å². The summed E-state index contributed by atoms with van der Waals surface area (Å²) in [7, 11) is 1.93. The van der Waals surface area contributed by atoms with Crippen molar-refractivity contribution in [1.82, 2.24) is 4.98 Å². The molecule has 0 amide bonds. The zero-order valence-corrected chi connectivity index (χ0v) is 26.7. The van der Waals surface area contributed by atoms with Crippen molar-refractivity contribution in [3.8, 4) is 11.3 Å². The van der Waals surface area contributed by atoms with Crippen molar-refractivity contribution in [3.05, 3.63) is 94.9 Å². The number of aromatic nitrogens is 1. The number of rotatable bonds is 13. The molecule has 0 bridgehead atoms.